The summed E-state index contributed by atoms with van der Waals surface area (Å²) in [7, 11) is 1.61. The Morgan fingerprint density at radius 3 is 2.95 bits per heavy atom. The van der Waals surface area contributed by atoms with Crippen LogP contribution in [0.1, 0.15) is 5.56 Å². The number of hydrogen-bond donors (Lipinski definition) is 2. The lowest BCUT2D eigenvalue weighted by Gasteiger charge is -2.10. The van der Waals surface area contributed by atoms with Crippen molar-refractivity contribution in [2.24, 2.45) is 0 Å². The van der Waals surface area contributed by atoms with Gasteiger partial charge in [-0.15, -0.1) is 0 Å². The maximum atomic E-state index is 11.6. The van der Waals surface area contributed by atoms with E-state index >= 15 is 0 Å². The molecule has 0 bridgehead atoms. The van der Waals surface area contributed by atoms with Crippen molar-refractivity contribution < 1.29 is 9.53 Å². The van der Waals surface area contributed by atoms with Crippen LogP contribution in [0.5, 0.6) is 0 Å². The van der Waals surface area contributed by atoms with Gasteiger partial charge in [0.15, 0.2) is 0 Å². The molecule has 112 valence electrons. The van der Waals surface area contributed by atoms with Gasteiger partial charge in [0.2, 0.25) is 5.91 Å². The van der Waals surface area contributed by atoms with E-state index in [4.69, 9.17) is 4.74 Å². The van der Waals surface area contributed by atoms with E-state index in [9.17, 15) is 4.79 Å². The van der Waals surface area contributed by atoms with Crippen molar-refractivity contribution in [3.8, 4) is 5.69 Å². The van der Waals surface area contributed by atoms with E-state index in [-0.39, 0.29) is 12.5 Å². The lowest BCUT2D eigenvalue weighted by atomic mass is 10.2. The van der Waals surface area contributed by atoms with Gasteiger partial charge in [-0.05, 0) is 17.7 Å². The molecule has 1 aromatic carbocycles. The fourth-order valence-electron chi connectivity index (χ4n) is 1.96. The second kappa shape index (κ2) is 8.18. The molecule has 6 heteroatoms. The highest BCUT2D eigenvalue weighted by Crippen LogP contribution is 2.12. The fourth-order valence-corrected chi connectivity index (χ4v) is 1.96. The highest BCUT2D eigenvalue weighted by Gasteiger charge is 2.05. The molecule has 0 spiro atoms. The van der Waals surface area contributed by atoms with Crippen LogP contribution in [-0.2, 0) is 16.1 Å². The number of amides is 1. The molecule has 21 heavy (non-hydrogen) atoms. The molecule has 2 N–H and O–H groups in total. The molecular formula is C15H20N4O2. The van der Waals surface area contributed by atoms with Crippen LogP contribution in [-0.4, -0.2) is 42.5 Å². The zero-order valence-electron chi connectivity index (χ0n) is 12.1. The number of para-hydroxylation sites is 1. The smallest absolute Gasteiger partial charge is 0.234 e. The van der Waals surface area contributed by atoms with Crippen molar-refractivity contribution >= 4 is 5.91 Å². The summed E-state index contributed by atoms with van der Waals surface area (Å²) in [6.07, 6.45) is 3.64. The molecule has 0 aliphatic carbocycles. The normalized spacial score (nSPS) is 10.5. The summed E-state index contributed by atoms with van der Waals surface area (Å²) in [5.41, 5.74) is 2.10. The zero-order valence-corrected chi connectivity index (χ0v) is 12.1. The molecule has 0 aliphatic heterocycles. The Balaban J connectivity index is 1.85. The minimum Gasteiger partial charge on any atom is -0.383 e. The highest BCUT2D eigenvalue weighted by atomic mass is 16.5. The summed E-state index contributed by atoms with van der Waals surface area (Å²) in [5.74, 6) is -0.0383. The lowest BCUT2D eigenvalue weighted by Crippen LogP contribution is -2.35. The summed E-state index contributed by atoms with van der Waals surface area (Å²) in [4.78, 5) is 11.6. The molecule has 0 radical (unpaired) electrons. The summed E-state index contributed by atoms with van der Waals surface area (Å²) >= 11 is 0. The van der Waals surface area contributed by atoms with Crippen LogP contribution in [0.2, 0.25) is 0 Å². The van der Waals surface area contributed by atoms with Crippen molar-refractivity contribution in [2.75, 3.05) is 26.8 Å². The van der Waals surface area contributed by atoms with Gasteiger partial charge < -0.3 is 15.4 Å². The van der Waals surface area contributed by atoms with E-state index in [1.165, 1.54) is 0 Å². The molecule has 1 aromatic heterocycles. The Bertz CT molecular complexity index is 555. The molecule has 6 nitrogen and oxygen atoms in total. The third-order valence-corrected chi connectivity index (χ3v) is 2.97. The molecule has 2 rings (SSSR count). The van der Waals surface area contributed by atoms with E-state index in [1.54, 1.807) is 13.3 Å². The highest BCUT2D eigenvalue weighted by molar-refractivity contribution is 5.77. The predicted octanol–water partition coefficient (Wildman–Crippen LogP) is 0.725. The van der Waals surface area contributed by atoms with Crippen LogP contribution in [0.3, 0.4) is 0 Å². The second-order valence-electron chi connectivity index (χ2n) is 4.53. The standard InChI is InChI=1S/C15H20N4O2/c1-21-10-8-17-15(20)12-16-11-13-5-2-3-6-14(13)19-9-4-7-18-19/h2-7,9,16H,8,10-12H2,1H3,(H,17,20). The van der Waals surface area contributed by atoms with E-state index in [0.717, 1.165) is 11.3 Å². The topological polar surface area (TPSA) is 68.2 Å². The zero-order chi connectivity index (χ0) is 14.9. The number of benzene rings is 1. The van der Waals surface area contributed by atoms with Crippen molar-refractivity contribution in [3.63, 3.8) is 0 Å². The van der Waals surface area contributed by atoms with Gasteiger partial charge in [0.1, 0.15) is 0 Å². The Hall–Kier alpha value is -2.18. The molecule has 2 aromatic rings. The van der Waals surface area contributed by atoms with Crippen molar-refractivity contribution in [1.29, 1.82) is 0 Å². The lowest BCUT2D eigenvalue weighted by molar-refractivity contribution is -0.120. The van der Waals surface area contributed by atoms with Gasteiger partial charge in [-0.25, -0.2) is 4.68 Å². The average molecular weight is 288 g/mol. The number of methoxy groups -OCH3 is 1. The number of rotatable bonds is 8. The van der Waals surface area contributed by atoms with Gasteiger partial charge >= 0.3 is 0 Å². The van der Waals surface area contributed by atoms with Gasteiger partial charge in [0.05, 0.1) is 18.8 Å². The number of aromatic nitrogens is 2. The number of nitrogens with one attached hydrogen (secondary N) is 2. The first-order valence-electron chi connectivity index (χ1n) is 6.85. The molecule has 0 fully saturated rings. The Labute approximate surface area is 124 Å². The van der Waals surface area contributed by atoms with E-state index in [0.29, 0.717) is 19.7 Å². The van der Waals surface area contributed by atoms with Crippen molar-refractivity contribution in [1.82, 2.24) is 20.4 Å². The van der Waals surface area contributed by atoms with Crippen LogP contribution in [0.15, 0.2) is 42.7 Å². The minimum atomic E-state index is -0.0383. The minimum absolute atomic E-state index is 0.0383. The van der Waals surface area contributed by atoms with E-state index in [1.807, 2.05) is 41.2 Å². The molecule has 0 unspecified atom stereocenters. The maximum absolute atomic E-state index is 11.6. The molecule has 1 amide bonds. The number of carbonyl (C=O) groups excluding carboxylic acids is 1. The maximum Gasteiger partial charge on any atom is 0.234 e. The van der Waals surface area contributed by atoms with Gasteiger partial charge in [-0.3, -0.25) is 4.79 Å². The van der Waals surface area contributed by atoms with Gasteiger partial charge in [0.25, 0.3) is 0 Å². The molecule has 0 aliphatic rings. The summed E-state index contributed by atoms with van der Waals surface area (Å²) in [5, 5.41) is 10.1. The van der Waals surface area contributed by atoms with Gasteiger partial charge in [-0.1, -0.05) is 18.2 Å². The largest absolute Gasteiger partial charge is 0.383 e. The van der Waals surface area contributed by atoms with Gasteiger partial charge in [0, 0.05) is 32.6 Å². The summed E-state index contributed by atoms with van der Waals surface area (Å²) in [6, 6.07) is 9.85. The van der Waals surface area contributed by atoms with Crippen LogP contribution < -0.4 is 10.6 Å². The van der Waals surface area contributed by atoms with Gasteiger partial charge in [-0.2, -0.15) is 5.10 Å². The Kier molecular flexibility index (Phi) is 5.93. The summed E-state index contributed by atoms with van der Waals surface area (Å²) < 4.78 is 6.69. The SMILES string of the molecule is COCCNC(=O)CNCc1ccccc1-n1cccn1. The number of carbonyl (C=O) groups is 1. The quantitative estimate of drug-likeness (QED) is 0.703. The predicted molar refractivity (Wildman–Crippen MR) is 80.2 cm³/mol. The summed E-state index contributed by atoms with van der Waals surface area (Å²) in [6.45, 7) is 1.93. The Morgan fingerprint density at radius 1 is 1.33 bits per heavy atom. The van der Waals surface area contributed by atoms with Crippen molar-refractivity contribution in [2.45, 2.75) is 6.54 Å². The molecular weight excluding hydrogens is 268 g/mol. The number of ether oxygens (including phenoxy) is 1. The van der Waals surface area contributed by atoms with Crippen LogP contribution in [0.25, 0.3) is 5.69 Å². The molecule has 0 saturated heterocycles. The fraction of sp³-hybridized carbons (Fsp3) is 0.333. The average Bonchev–Trinajstić information content (AvgIpc) is 3.02. The second-order valence-corrected chi connectivity index (χ2v) is 4.53. The van der Waals surface area contributed by atoms with E-state index in [2.05, 4.69) is 15.7 Å². The third-order valence-electron chi connectivity index (χ3n) is 2.97. The monoisotopic (exact) mass is 288 g/mol. The molecule has 0 atom stereocenters. The first-order valence-corrected chi connectivity index (χ1v) is 6.85. The van der Waals surface area contributed by atoms with Crippen LogP contribution in [0.4, 0.5) is 0 Å². The number of nitrogens with zero attached hydrogens (tertiary/aromatic N) is 2. The van der Waals surface area contributed by atoms with Crippen molar-refractivity contribution in [3.05, 3.63) is 48.3 Å². The van der Waals surface area contributed by atoms with E-state index < -0.39 is 0 Å². The first-order chi connectivity index (χ1) is 10.3. The third kappa shape index (κ3) is 4.70. The van der Waals surface area contributed by atoms with Crippen LogP contribution >= 0.6 is 0 Å². The number of hydrogen-bond acceptors (Lipinski definition) is 4. The molecule has 0 saturated carbocycles. The molecule has 1 heterocycles. The first kappa shape index (κ1) is 15.2. The van der Waals surface area contributed by atoms with Crippen LogP contribution in [0, 0.1) is 0 Å². The Morgan fingerprint density at radius 2 is 2.19 bits per heavy atom.